The van der Waals surface area contributed by atoms with Crippen LogP contribution in [-0.4, -0.2) is 31.1 Å². The van der Waals surface area contributed by atoms with E-state index < -0.39 is 51.5 Å². The van der Waals surface area contributed by atoms with Gasteiger partial charge in [0.25, 0.3) is 0 Å². The van der Waals surface area contributed by atoms with E-state index in [4.69, 9.17) is 10.2 Å². The van der Waals surface area contributed by atoms with Gasteiger partial charge in [0.05, 0.1) is 25.5 Å². The second kappa shape index (κ2) is 6.76. The maximum Gasteiger partial charge on any atom is 0.420 e. The predicted octanol–water partition coefficient (Wildman–Crippen LogP) is 2.78. The van der Waals surface area contributed by atoms with E-state index in [9.17, 15) is 27.6 Å². The van der Waals surface area contributed by atoms with Crippen LogP contribution in [0.3, 0.4) is 0 Å². The number of rotatable bonds is 2. The van der Waals surface area contributed by atoms with Gasteiger partial charge in [-0.25, -0.2) is 14.6 Å². The van der Waals surface area contributed by atoms with Crippen LogP contribution in [0.25, 0.3) is 22.6 Å². The molecule has 3 rings (SSSR count). The molecule has 1 aliphatic carbocycles. The van der Waals surface area contributed by atoms with E-state index in [0.29, 0.717) is 6.07 Å². The molecule has 1 aliphatic heterocycles. The molecule has 152 valence electrons. The molecule has 0 bridgehead atoms. The summed E-state index contributed by atoms with van der Waals surface area (Å²) < 4.78 is 55.0. The average Bonchev–Trinajstić information content (AvgIpc) is 2.68. The maximum absolute atomic E-state index is 13.5. The fourth-order valence-electron chi connectivity index (χ4n) is 2.87. The van der Waals surface area contributed by atoms with E-state index in [0.717, 1.165) is 20.3 Å². The molecule has 2 N–H and O–H groups in total. The summed E-state index contributed by atoms with van der Waals surface area (Å²) in [7, 11) is 2.06. The topological polar surface area (TPSA) is 122 Å². The number of hydrogen-bond acceptors (Lipinski definition) is 8. The van der Waals surface area contributed by atoms with Gasteiger partial charge in [-0.3, -0.25) is 4.79 Å². The molecule has 0 aromatic heterocycles. The number of esters is 2. The van der Waals surface area contributed by atoms with Gasteiger partial charge in [-0.2, -0.15) is 13.2 Å². The van der Waals surface area contributed by atoms with Gasteiger partial charge in [0, 0.05) is 5.56 Å². The molecule has 2 aliphatic rings. The zero-order chi connectivity index (χ0) is 21.7. The first kappa shape index (κ1) is 20.1. The number of anilines is 1. The number of methoxy groups -OCH3 is 2. The molecule has 11 heteroatoms. The minimum atomic E-state index is -4.85. The Morgan fingerprint density at radius 3 is 2.31 bits per heavy atom. The van der Waals surface area contributed by atoms with Crippen molar-refractivity contribution in [3.8, 4) is 11.5 Å². The molecule has 8 nitrogen and oxygen atoms in total. The van der Waals surface area contributed by atoms with Crippen LogP contribution in [0, 0.1) is 6.92 Å². The Kier molecular flexibility index (Phi) is 4.69. The van der Waals surface area contributed by atoms with Gasteiger partial charge in [-0.05, 0) is 19.1 Å². The highest BCUT2D eigenvalue weighted by Gasteiger charge is 2.37. The van der Waals surface area contributed by atoms with Crippen molar-refractivity contribution in [2.45, 2.75) is 13.1 Å². The quantitative estimate of drug-likeness (QED) is 0.389. The summed E-state index contributed by atoms with van der Waals surface area (Å²) in [6.07, 6.45) is -4.85. The molecule has 0 fully saturated rings. The molecule has 1 aromatic carbocycles. The van der Waals surface area contributed by atoms with Crippen LogP contribution in [-0.2, 0) is 15.7 Å². The highest BCUT2D eigenvalue weighted by Crippen LogP contribution is 2.40. The van der Waals surface area contributed by atoms with Crippen LogP contribution in [0.4, 0.5) is 18.9 Å². The third-order valence-electron chi connectivity index (χ3n) is 4.31. The first-order chi connectivity index (χ1) is 13.5. The molecule has 1 aromatic rings. The highest BCUT2D eigenvalue weighted by atomic mass is 19.4. The van der Waals surface area contributed by atoms with Crippen LogP contribution in [0.2, 0.25) is 0 Å². The Morgan fingerprint density at radius 1 is 1.14 bits per heavy atom. The van der Waals surface area contributed by atoms with Crippen molar-refractivity contribution in [1.29, 1.82) is 0 Å². The van der Waals surface area contributed by atoms with Crippen molar-refractivity contribution in [2.24, 2.45) is 0 Å². The number of nitrogens with zero attached hydrogens (tertiary/aromatic N) is 1. The fraction of sp³-hybridized carbons (Fsp3) is 0.222. The fourth-order valence-corrected chi connectivity index (χ4v) is 2.87. The average molecular weight is 410 g/mol. The van der Waals surface area contributed by atoms with Crippen molar-refractivity contribution >= 4 is 28.7 Å². The van der Waals surface area contributed by atoms with Crippen LogP contribution in [0.1, 0.15) is 31.8 Å². The van der Waals surface area contributed by atoms with Gasteiger partial charge in [0.2, 0.25) is 5.43 Å². The lowest BCUT2D eigenvalue weighted by molar-refractivity contribution is -0.136. The lowest BCUT2D eigenvalue weighted by Crippen LogP contribution is -2.21. The smallest absolute Gasteiger partial charge is 0.420 e. The monoisotopic (exact) mass is 410 g/mol. The van der Waals surface area contributed by atoms with E-state index in [-0.39, 0.29) is 22.6 Å². The summed E-state index contributed by atoms with van der Waals surface area (Å²) >= 11 is 0. The van der Waals surface area contributed by atoms with Crippen molar-refractivity contribution in [2.75, 3.05) is 20.0 Å². The van der Waals surface area contributed by atoms with Gasteiger partial charge in [0.1, 0.15) is 22.3 Å². The van der Waals surface area contributed by atoms with E-state index in [1.807, 2.05) is 0 Å². The Hall–Kier alpha value is -3.63. The van der Waals surface area contributed by atoms with Gasteiger partial charge in [0.15, 0.2) is 11.3 Å². The van der Waals surface area contributed by atoms with Crippen LogP contribution >= 0.6 is 0 Å². The molecule has 0 unspecified atom stereocenters. The number of nitrogens with two attached hydrogens (primary N) is 1. The molecule has 0 spiro atoms. The number of carbonyl (C=O) groups is 2. The van der Waals surface area contributed by atoms with Gasteiger partial charge in [-0.15, -0.1) is 0 Å². The molecule has 0 amide bonds. The number of halogens is 3. The second-order valence-electron chi connectivity index (χ2n) is 5.95. The number of aromatic nitrogens is 1. The van der Waals surface area contributed by atoms with Gasteiger partial charge >= 0.3 is 18.1 Å². The molecule has 0 saturated carbocycles. The SMILES string of the molecule is COC(=O)c1c2nc3c(C(=O)OC)ccc(C(F)(F)F)c3oc-2c(C)c(=O)c1N. The van der Waals surface area contributed by atoms with E-state index in [1.54, 1.807) is 0 Å². The molecule has 0 radical (unpaired) electrons. The Labute approximate surface area is 160 Å². The first-order valence-electron chi connectivity index (χ1n) is 7.96. The molecule has 29 heavy (non-hydrogen) atoms. The van der Waals surface area contributed by atoms with E-state index in [2.05, 4.69) is 14.5 Å². The molecule has 1 heterocycles. The van der Waals surface area contributed by atoms with Crippen molar-refractivity contribution in [3.63, 3.8) is 0 Å². The standard InChI is InChI=1S/C18H13F3N2O6/c1-6-13(24)10(22)9(17(26)28-3)12-14(6)29-15-8(18(19,20)21)5-4-7(11(15)23-12)16(25)27-2/h4-5H,22H2,1-3H3. The number of ether oxygens (including phenoxy) is 2. The zero-order valence-corrected chi connectivity index (χ0v) is 15.3. The van der Waals surface area contributed by atoms with Crippen molar-refractivity contribution < 1.29 is 36.7 Å². The third kappa shape index (κ3) is 3.04. The molecule has 0 saturated heterocycles. The summed E-state index contributed by atoms with van der Waals surface area (Å²) in [5.41, 5.74) is 0.590. The van der Waals surface area contributed by atoms with Crippen LogP contribution in [0.15, 0.2) is 21.3 Å². The Bertz CT molecular complexity index is 1200. The number of nitrogen functional groups attached to an aromatic ring is 1. The van der Waals surface area contributed by atoms with Crippen LogP contribution in [0.5, 0.6) is 0 Å². The minimum absolute atomic E-state index is 0.156. The lowest BCUT2D eigenvalue weighted by atomic mass is 10.00. The van der Waals surface area contributed by atoms with E-state index >= 15 is 0 Å². The molecular formula is C18H13F3N2O6. The summed E-state index contributed by atoms with van der Waals surface area (Å²) in [5, 5.41) is 0. The van der Waals surface area contributed by atoms with Crippen molar-refractivity contribution in [3.05, 3.63) is 44.6 Å². The third-order valence-corrected chi connectivity index (χ3v) is 4.31. The van der Waals surface area contributed by atoms with Crippen LogP contribution < -0.4 is 11.2 Å². The van der Waals surface area contributed by atoms with E-state index in [1.165, 1.54) is 6.92 Å². The second-order valence-corrected chi connectivity index (χ2v) is 5.95. The number of benzene rings is 2. The maximum atomic E-state index is 13.5. The molecular weight excluding hydrogens is 397 g/mol. The van der Waals surface area contributed by atoms with Gasteiger partial charge in [-0.1, -0.05) is 0 Å². The number of fused-ring (bicyclic) bond motifs is 2. The first-order valence-corrected chi connectivity index (χ1v) is 7.96. The Balaban J connectivity index is 2.62. The lowest BCUT2D eigenvalue weighted by Gasteiger charge is -2.17. The Morgan fingerprint density at radius 2 is 1.76 bits per heavy atom. The number of carbonyl (C=O) groups excluding carboxylic acids is 2. The summed E-state index contributed by atoms with van der Waals surface area (Å²) in [6, 6.07) is 1.51. The highest BCUT2D eigenvalue weighted by molar-refractivity contribution is 6.06. The summed E-state index contributed by atoms with van der Waals surface area (Å²) in [5.74, 6) is -2.40. The summed E-state index contributed by atoms with van der Waals surface area (Å²) in [4.78, 5) is 40.6. The normalized spacial score (nSPS) is 11.7. The largest absolute Gasteiger partial charge is 0.465 e. The molecule has 0 atom stereocenters. The van der Waals surface area contributed by atoms with Crippen molar-refractivity contribution in [1.82, 2.24) is 4.98 Å². The predicted molar refractivity (Wildman–Crippen MR) is 93.7 cm³/mol. The number of hydrogen-bond donors (Lipinski definition) is 1. The number of alkyl halides is 3. The zero-order valence-electron chi connectivity index (χ0n) is 15.3. The van der Waals surface area contributed by atoms with Gasteiger partial charge < -0.3 is 19.6 Å². The minimum Gasteiger partial charge on any atom is -0.465 e. The summed E-state index contributed by atoms with van der Waals surface area (Å²) in [6.45, 7) is 1.26.